The molecular formula is C13H16N2O5. The molecule has 0 radical (unpaired) electrons. The van der Waals surface area contributed by atoms with E-state index in [-0.39, 0.29) is 24.6 Å². The number of aliphatic carboxylic acids is 1. The first-order valence-corrected chi connectivity index (χ1v) is 6.16. The first kappa shape index (κ1) is 14.3. The normalized spacial score (nSPS) is 16.6. The number of carboxylic acids is 1. The molecule has 0 bridgehead atoms. The van der Waals surface area contributed by atoms with Crippen molar-refractivity contribution < 1.29 is 19.4 Å². The minimum absolute atomic E-state index is 0.0795. The lowest BCUT2D eigenvalue weighted by molar-refractivity contribution is -0.159. The number of carbonyl (C=O) groups is 2. The van der Waals surface area contributed by atoms with Crippen LogP contribution in [0.4, 0.5) is 0 Å². The van der Waals surface area contributed by atoms with Gasteiger partial charge in [0.05, 0.1) is 13.1 Å². The summed E-state index contributed by atoms with van der Waals surface area (Å²) in [5, 5.41) is 8.56. The number of nitrogens with zero attached hydrogens (tertiary/aromatic N) is 1. The predicted molar refractivity (Wildman–Crippen MR) is 69.7 cm³/mol. The first-order valence-electron chi connectivity index (χ1n) is 6.16. The number of hydrogen-bond donors (Lipinski definition) is 2. The van der Waals surface area contributed by atoms with Gasteiger partial charge in [0.25, 0.3) is 11.5 Å². The Morgan fingerprint density at radius 2 is 2.10 bits per heavy atom. The molecule has 1 saturated heterocycles. The van der Waals surface area contributed by atoms with Crippen molar-refractivity contribution in [2.24, 2.45) is 0 Å². The number of nitrogens with one attached hydrogen (secondary N) is 1. The number of aryl methyl sites for hydroxylation is 1. The molecular weight excluding hydrogens is 264 g/mol. The second-order valence-electron chi connectivity index (χ2n) is 5.18. The molecule has 0 saturated carbocycles. The number of hydrogen-bond acceptors (Lipinski definition) is 4. The van der Waals surface area contributed by atoms with Crippen molar-refractivity contribution in [3.63, 3.8) is 0 Å². The van der Waals surface area contributed by atoms with Gasteiger partial charge in [-0.2, -0.15) is 0 Å². The number of amides is 1. The highest BCUT2D eigenvalue weighted by Gasteiger charge is 2.43. The van der Waals surface area contributed by atoms with Crippen LogP contribution in [0.25, 0.3) is 0 Å². The SMILES string of the molecule is Cc1ccc(C(=O)N2CC(C)(OCC(=O)O)C2)c(=O)[nH]1. The third kappa shape index (κ3) is 2.88. The number of aromatic nitrogens is 1. The van der Waals surface area contributed by atoms with Crippen molar-refractivity contribution in [2.75, 3.05) is 19.7 Å². The molecule has 108 valence electrons. The highest BCUT2D eigenvalue weighted by molar-refractivity contribution is 5.94. The van der Waals surface area contributed by atoms with Crippen LogP contribution in [0.1, 0.15) is 23.0 Å². The fourth-order valence-corrected chi connectivity index (χ4v) is 2.14. The van der Waals surface area contributed by atoms with E-state index in [0.29, 0.717) is 5.69 Å². The van der Waals surface area contributed by atoms with E-state index in [1.807, 2.05) is 0 Å². The minimum Gasteiger partial charge on any atom is -0.480 e. The maximum atomic E-state index is 12.1. The topological polar surface area (TPSA) is 99.7 Å². The van der Waals surface area contributed by atoms with Crippen LogP contribution in [0.2, 0.25) is 0 Å². The molecule has 0 aromatic carbocycles. The Balaban J connectivity index is 2.00. The standard InChI is InChI=1S/C13H16N2O5/c1-8-3-4-9(11(18)14-8)12(19)15-6-13(2,7-15)20-5-10(16)17/h3-4H,5-7H2,1-2H3,(H,14,18)(H,16,17). The van der Waals surface area contributed by atoms with E-state index in [1.54, 1.807) is 19.9 Å². The molecule has 1 aliphatic heterocycles. The molecule has 7 nitrogen and oxygen atoms in total. The van der Waals surface area contributed by atoms with Crippen molar-refractivity contribution in [3.05, 3.63) is 33.7 Å². The van der Waals surface area contributed by atoms with E-state index in [1.165, 1.54) is 11.0 Å². The van der Waals surface area contributed by atoms with Crippen LogP contribution in [0.15, 0.2) is 16.9 Å². The van der Waals surface area contributed by atoms with Gasteiger partial charge < -0.3 is 19.7 Å². The second kappa shape index (κ2) is 5.09. The lowest BCUT2D eigenvalue weighted by Crippen LogP contribution is -2.63. The molecule has 0 spiro atoms. The van der Waals surface area contributed by atoms with Crippen LogP contribution in [0.5, 0.6) is 0 Å². The van der Waals surface area contributed by atoms with Gasteiger partial charge in [-0.25, -0.2) is 4.79 Å². The zero-order chi connectivity index (χ0) is 14.9. The van der Waals surface area contributed by atoms with Crippen LogP contribution in [-0.4, -0.2) is 52.2 Å². The van der Waals surface area contributed by atoms with Crippen molar-refractivity contribution >= 4 is 11.9 Å². The molecule has 1 amide bonds. The average Bonchev–Trinajstić information content (AvgIpc) is 2.32. The number of likely N-dealkylation sites (tertiary alicyclic amines) is 1. The Labute approximate surface area is 115 Å². The second-order valence-corrected chi connectivity index (χ2v) is 5.18. The van der Waals surface area contributed by atoms with Crippen LogP contribution in [0, 0.1) is 6.92 Å². The molecule has 2 N–H and O–H groups in total. The summed E-state index contributed by atoms with van der Waals surface area (Å²) in [6, 6.07) is 3.15. The number of H-pyrrole nitrogens is 1. The summed E-state index contributed by atoms with van der Waals surface area (Å²) < 4.78 is 5.21. The Kier molecular flexibility index (Phi) is 3.63. The van der Waals surface area contributed by atoms with E-state index in [2.05, 4.69) is 4.98 Å². The van der Waals surface area contributed by atoms with Gasteiger partial charge >= 0.3 is 5.97 Å². The molecule has 2 rings (SSSR count). The quantitative estimate of drug-likeness (QED) is 0.808. The van der Waals surface area contributed by atoms with Crippen molar-refractivity contribution in [2.45, 2.75) is 19.4 Å². The van der Waals surface area contributed by atoms with Gasteiger partial charge in [0, 0.05) is 5.69 Å². The number of rotatable bonds is 4. The number of pyridine rings is 1. The van der Waals surface area contributed by atoms with Crippen LogP contribution in [-0.2, 0) is 9.53 Å². The highest BCUT2D eigenvalue weighted by Crippen LogP contribution is 2.25. The van der Waals surface area contributed by atoms with E-state index in [0.717, 1.165) is 0 Å². The Morgan fingerprint density at radius 1 is 1.45 bits per heavy atom. The molecule has 20 heavy (non-hydrogen) atoms. The monoisotopic (exact) mass is 280 g/mol. The summed E-state index contributed by atoms with van der Waals surface area (Å²) in [4.78, 5) is 38.3. The lowest BCUT2D eigenvalue weighted by Gasteiger charge is -2.47. The van der Waals surface area contributed by atoms with E-state index >= 15 is 0 Å². The highest BCUT2D eigenvalue weighted by atomic mass is 16.5. The molecule has 0 atom stereocenters. The van der Waals surface area contributed by atoms with Crippen molar-refractivity contribution in [1.82, 2.24) is 9.88 Å². The summed E-state index contributed by atoms with van der Waals surface area (Å²) in [6.45, 7) is 3.61. The van der Waals surface area contributed by atoms with Gasteiger partial charge in [0.2, 0.25) is 0 Å². The Hall–Kier alpha value is -2.15. The van der Waals surface area contributed by atoms with Gasteiger partial charge in [-0.1, -0.05) is 0 Å². The number of ether oxygens (including phenoxy) is 1. The third-order valence-corrected chi connectivity index (χ3v) is 3.17. The fourth-order valence-electron chi connectivity index (χ4n) is 2.14. The lowest BCUT2D eigenvalue weighted by atomic mass is 9.95. The molecule has 0 unspecified atom stereocenters. The van der Waals surface area contributed by atoms with Crippen molar-refractivity contribution in [1.29, 1.82) is 0 Å². The van der Waals surface area contributed by atoms with Gasteiger partial charge in [-0.05, 0) is 26.0 Å². The summed E-state index contributed by atoms with van der Waals surface area (Å²) in [6.07, 6.45) is 0. The van der Waals surface area contributed by atoms with Gasteiger partial charge in [-0.3, -0.25) is 9.59 Å². The maximum Gasteiger partial charge on any atom is 0.329 e. The zero-order valence-electron chi connectivity index (χ0n) is 11.3. The number of carboxylic acid groups (broad SMARTS) is 1. The van der Waals surface area contributed by atoms with Crippen LogP contribution < -0.4 is 5.56 Å². The third-order valence-electron chi connectivity index (χ3n) is 3.17. The molecule has 1 aromatic heterocycles. The molecule has 0 aliphatic carbocycles. The Morgan fingerprint density at radius 3 is 2.65 bits per heavy atom. The van der Waals surface area contributed by atoms with E-state index < -0.39 is 23.7 Å². The number of carbonyl (C=O) groups excluding carboxylic acids is 1. The molecule has 2 heterocycles. The summed E-state index contributed by atoms with van der Waals surface area (Å²) in [5.41, 5.74) is -0.318. The van der Waals surface area contributed by atoms with E-state index in [4.69, 9.17) is 9.84 Å². The first-order chi connectivity index (χ1) is 9.31. The minimum atomic E-state index is -1.05. The Bertz CT molecular complexity index is 601. The van der Waals surface area contributed by atoms with E-state index in [9.17, 15) is 14.4 Å². The van der Waals surface area contributed by atoms with Gasteiger partial charge in [-0.15, -0.1) is 0 Å². The van der Waals surface area contributed by atoms with Crippen LogP contribution >= 0.6 is 0 Å². The number of aromatic amines is 1. The summed E-state index contributed by atoms with van der Waals surface area (Å²) in [7, 11) is 0. The molecule has 7 heteroatoms. The maximum absolute atomic E-state index is 12.1. The predicted octanol–water partition coefficient (Wildman–Crippen LogP) is -0.000980. The fraction of sp³-hybridized carbons (Fsp3) is 0.462. The molecule has 1 aliphatic rings. The summed E-state index contributed by atoms with van der Waals surface area (Å²) in [5.74, 6) is -1.42. The van der Waals surface area contributed by atoms with Gasteiger partial charge in [0.15, 0.2) is 0 Å². The molecule has 1 fully saturated rings. The smallest absolute Gasteiger partial charge is 0.329 e. The largest absolute Gasteiger partial charge is 0.480 e. The molecule has 1 aromatic rings. The summed E-state index contributed by atoms with van der Waals surface area (Å²) >= 11 is 0. The van der Waals surface area contributed by atoms with Crippen molar-refractivity contribution in [3.8, 4) is 0 Å². The van der Waals surface area contributed by atoms with Gasteiger partial charge in [0.1, 0.15) is 17.8 Å². The zero-order valence-corrected chi connectivity index (χ0v) is 11.3. The van der Waals surface area contributed by atoms with Crippen LogP contribution in [0.3, 0.4) is 0 Å². The average molecular weight is 280 g/mol.